The number of hydrogen-bond donors (Lipinski definition) is 2. The molecule has 3 N–H and O–H groups in total. The molecule has 0 spiro atoms. The number of thiophene rings is 1. The highest BCUT2D eigenvalue weighted by Crippen LogP contribution is 2.37. The standard InChI is InChI=1S/C16H22N2S/c17-18-15(12-6-3-1-2-4-7-12)14-9-5-8-13-10-11-19-16(13)14/h5,8-12,15,18H,1-4,6-7,17H2. The van der Waals surface area contributed by atoms with E-state index in [2.05, 4.69) is 35.1 Å². The van der Waals surface area contributed by atoms with Crippen molar-refractivity contribution in [1.82, 2.24) is 5.43 Å². The van der Waals surface area contributed by atoms with E-state index < -0.39 is 0 Å². The van der Waals surface area contributed by atoms with Crippen LogP contribution in [0.15, 0.2) is 29.6 Å². The van der Waals surface area contributed by atoms with Gasteiger partial charge in [0.05, 0.1) is 6.04 Å². The first-order valence-corrected chi connectivity index (χ1v) is 8.20. The Morgan fingerprint density at radius 3 is 2.63 bits per heavy atom. The SMILES string of the molecule is NNC(c1cccc2ccsc12)C1CCCCCC1. The second-order valence-electron chi connectivity index (χ2n) is 5.58. The van der Waals surface area contributed by atoms with Crippen molar-refractivity contribution in [2.75, 3.05) is 0 Å². The van der Waals surface area contributed by atoms with E-state index in [0.717, 1.165) is 0 Å². The van der Waals surface area contributed by atoms with Gasteiger partial charge in [0.25, 0.3) is 0 Å². The molecule has 1 aliphatic carbocycles. The number of rotatable bonds is 3. The van der Waals surface area contributed by atoms with Gasteiger partial charge in [0.15, 0.2) is 0 Å². The Bertz CT molecular complexity index is 526. The molecule has 2 nitrogen and oxygen atoms in total. The Morgan fingerprint density at radius 2 is 1.89 bits per heavy atom. The summed E-state index contributed by atoms with van der Waals surface area (Å²) < 4.78 is 1.40. The average molecular weight is 274 g/mol. The zero-order valence-electron chi connectivity index (χ0n) is 11.3. The molecule has 1 unspecified atom stereocenters. The maximum atomic E-state index is 5.90. The summed E-state index contributed by atoms with van der Waals surface area (Å²) in [5.74, 6) is 6.58. The van der Waals surface area contributed by atoms with Gasteiger partial charge in [-0.3, -0.25) is 11.3 Å². The minimum Gasteiger partial charge on any atom is -0.271 e. The molecule has 1 aliphatic rings. The van der Waals surface area contributed by atoms with Crippen LogP contribution in [0.2, 0.25) is 0 Å². The Labute approximate surface area is 119 Å². The molecular weight excluding hydrogens is 252 g/mol. The number of hydrogen-bond acceptors (Lipinski definition) is 3. The fourth-order valence-electron chi connectivity index (χ4n) is 3.39. The van der Waals surface area contributed by atoms with E-state index >= 15 is 0 Å². The van der Waals surface area contributed by atoms with E-state index in [0.29, 0.717) is 12.0 Å². The second-order valence-corrected chi connectivity index (χ2v) is 6.50. The van der Waals surface area contributed by atoms with E-state index in [1.54, 1.807) is 0 Å². The molecule has 1 saturated carbocycles. The van der Waals surface area contributed by atoms with E-state index in [9.17, 15) is 0 Å². The number of hydrazine groups is 1. The topological polar surface area (TPSA) is 38.0 Å². The minimum atomic E-state index is 0.306. The molecule has 0 amide bonds. The molecule has 1 atom stereocenters. The molecule has 3 rings (SSSR count). The highest BCUT2D eigenvalue weighted by molar-refractivity contribution is 7.17. The van der Waals surface area contributed by atoms with Crippen LogP contribution < -0.4 is 11.3 Å². The molecule has 0 bridgehead atoms. The summed E-state index contributed by atoms with van der Waals surface area (Å²) in [7, 11) is 0. The van der Waals surface area contributed by atoms with E-state index in [1.807, 2.05) is 11.3 Å². The smallest absolute Gasteiger partial charge is 0.0502 e. The number of benzene rings is 1. The molecule has 1 heterocycles. The Kier molecular flexibility index (Phi) is 4.16. The van der Waals surface area contributed by atoms with Crippen molar-refractivity contribution in [3.63, 3.8) is 0 Å². The van der Waals surface area contributed by atoms with E-state index in [-0.39, 0.29) is 0 Å². The molecule has 0 saturated heterocycles. The van der Waals surface area contributed by atoms with Gasteiger partial charge < -0.3 is 0 Å². The van der Waals surface area contributed by atoms with E-state index in [1.165, 1.54) is 54.2 Å². The maximum absolute atomic E-state index is 5.90. The number of fused-ring (bicyclic) bond motifs is 1. The van der Waals surface area contributed by atoms with Gasteiger partial charge in [0, 0.05) is 4.70 Å². The van der Waals surface area contributed by atoms with Crippen molar-refractivity contribution >= 4 is 21.4 Å². The fraction of sp³-hybridized carbons (Fsp3) is 0.500. The first-order valence-electron chi connectivity index (χ1n) is 7.32. The summed E-state index contributed by atoms with van der Waals surface area (Å²) in [5.41, 5.74) is 4.50. The van der Waals surface area contributed by atoms with Gasteiger partial charge in [-0.15, -0.1) is 11.3 Å². The summed E-state index contributed by atoms with van der Waals surface area (Å²) in [6.07, 6.45) is 8.08. The van der Waals surface area contributed by atoms with Crippen molar-refractivity contribution in [2.45, 2.75) is 44.6 Å². The minimum absolute atomic E-state index is 0.306. The molecule has 3 heteroatoms. The van der Waals surface area contributed by atoms with Crippen LogP contribution in [0.5, 0.6) is 0 Å². The number of nitrogens with one attached hydrogen (secondary N) is 1. The van der Waals surface area contributed by atoms with Crippen molar-refractivity contribution in [2.24, 2.45) is 11.8 Å². The van der Waals surface area contributed by atoms with Gasteiger partial charge in [-0.2, -0.15) is 0 Å². The molecule has 0 aliphatic heterocycles. The predicted molar refractivity (Wildman–Crippen MR) is 83.1 cm³/mol. The molecule has 102 valence electrons. The van der Waals surface area contributed by atoms with Crippen LogP contribution in [0.4, 0.5) is 0 Å². The third-order valence-electron chi connectivity index (χ3n) is 4.40. The van der Waals surface area contributed by atoms with Crippen LogP contribution in [0.1, 0.15) is 50.1 Å². The molecular formula is C16H22N2S. The summed E-state index contributed by atoms with van der Waals surface area (Å²) in [6.45, 7) is 0. The Balaban J connectivity index is 1.94. The van der Waals surface area contributed by atoms with Crippen molar-refractivity contribution < 1.29 is 0 Å². The lowest BCUT2D eigenvalue weighted by molar-refractivity contribution is 0.331. The normalized spacial score (nSPS) is 19.4. The highest BCUT2D eigenvalue weighted by atomic mass is 32.1. The third-order valence-corrected chi connectivity index (χ3v) is 5.37. The fourth-order valence-corrected chi connectivity index (χ4v) is 4.34. The quantitative estimate of drug-likeness (QED) is 0.495. The molecule has 2 aromatic rings. The van der Waals surface area contributed by atoms with Crippen LogP contribution >= 0.6 is 11.3 Å². The Hall–Kier alpha value is -0.900. The average Bonchev–Trinajstić information content (AvgIpc) is 2.76. The molecule has 1 fully saturated rings. The molecule has 1 aromatic heterocycles. The zero-order chi connectivity index (χ0) is 13.1. The van der Waals surface area contributed by atoms with Crippen LogP contribution in [0.3, 0.4) is 0 Å². The summed E-state index contributed by atoms with van der Waals surface area (Å²) in [5, 5.41) is 3.52. The first kappa shape index (κ1) is 13.1. The lowest BCUT2D eigenvalue weighted by Crippen LogP contribution is -2.33. The van der Waals surface area contributed by atoms with Gasteiger partial charge in [-0.1, -0.05) is 43.9 Å². The van der Waals surface area contributed by atoms with Gasteiger partial charge >= 0.3 is 0 Å². The lowest BCUT2D eigenvalue weighted by Gasteiger charge is -2.26. The summed E-state index contributed by atoms with van der Waals surface area (Å²) in [4.78, 5) is 0. The number of nitrogens with two attached hydrogens (primary N) is 1. The Morgan fingerprint density at radius 1 is 1.11 bits per heavy atom. The van der Waals surface area contributed by atoms with Gasteiger partial charge in [-0.25, -0.2) is 0 Å². The third kappa shape index (κ3) is 2.69. The molecule has 19 heavy (non-hydrogen) atoms. The molecule has 0 radical (unpaired) electrons. The van der Waals surface area contributed by atoms with Gasteiger partial charge in [0.2, 0.25) is 0 Å². The monoisotopic (exact) mass is 274 g/mol. The van der Waals surface area contributed by atoms with Gasteiger partial charge in [-0.05, 0) is 41.2 Å². The second kappa shape index (κ2) is 6.04. The van der Waals surface area contributed by atoms with Gasteiger partial charge in [0.1, 0.15) is 0 Å². The first-order chi connectivity index (χ1) is 9.40. The van der Waals surface area contributed by atoms with Crippen molar-refractivity contribution in [3.05, 3.63) is 35.2 Å². The summed E-state index contributed by atoms with van der Waals surface area (Å²) in [6, 6.07) is 9.10. The summed E-state index contributed by atoms with van der Waals surface area (Å²) >= 11 is 1.83. The molecule has 1 aromatic carbocycles. The zero-order valence-corrected chi connectivity index (χ0v) is 12.1. The highest BCUT2D eigenvalue weighted by Gasteiger charge is 2.24. The van der Waals surface area contributed by atoms with Crippen molar-refractivity contribution in [1.29, 1.82) is 0 Å². The maximum Gasteiger partial charge on any atom is 0.0502 e. The largest absolute Gasteiger partial charge is 0.271 e. The predicted octanol–water partition coefficient (Wildman–Crippen LogP) is 4.38. The lowest BCUT2D eigenvalue weighted by atomic mass is 9.87. The van der Waals surface area contributed by atoms with Crippen LogP contribution in [-0.2, 0) is 0 Å². The van der Waals surface area contributed by atoms with E-state index in [4.69, 9.17) is 5.84 Å². The van der Waals surface area contributed by atoms with Crippen LogP contribution in [0, 0.1) is 5.92 Å². The van der Waals surface area contributed by atoms with Crippen LogP contribution in [0.25, 0.3) is 10.1 Å². The van der Waals surface area contributed by atoms with Crippen LogP contribution in [-0.4, -0.2) is 0 Å². The van der Waals surface area contributed by atoms with Crippen molar-refractivity contribution in [3.8, 4) is 0 Å².